The second-order valence-electron chi connectivity index (χ2n) is 5.66. The minimum atomic E-state index is -4.21. The van der Waals surface area contributed by atoms with Crippen molar-refractivity contribution in [1.82, 2.24) is 0 Å². The van der Waals surface area contributed by atoms with Gasteiger partial charge in [0.2, 0.25) is 0 Å². The van der Waals surface area contributed by atoms with Crippen LogP contribution in [0.3, 0.4) is 0 Å². The Balaban J connectivity index is 0. The molecule has 0 fully saturated rings. The van der Waals surface area contributed by atoms with Crippen molar-refractivity contribution in [2.45, 2.75) is 95.8 Å². The van der Waals surface area contributed by atoms with Gasteiger partial charge in [-0.1, -0.05) is 58.8 Å². The summed E-state index contributed by atoms with van der Waals surface area (Å²) in [6, 6.07) is 0. The van der Waals surface area contributed by atoms with E-state index in [1.54, 1.807) is 6.92 Å². The van der Waals surface area contributed by atoms with Gasteiger partial charge in [-0.05, 0) is 25.7 Å². The smallest absolute Gasteiger partial charge is 0.748 e. The zero-order valence-corrected chi connectivity index (χ0v) is 16.8. The second kappa shape index (κ2) is 14.5. The van der Waals surface area contributed by atoms with Gasteiger partial charge in [0.25, 0.3) is 0 Å². The van der Waals surface area contributed by atoms with Crippen LogP contribution in [0, 0.1) is 0 Å². The Labute approximate surface area is 153 Å². The van der Waals surface area contributed by atoms with Crippen LogP contribution in [0.25, 0.3) is 0 Å². The number of aliphatic hydroxyl groups excluding tert-OH is 1. The Kier molecular flexibility index (Phi) is 16.6. The van der Waals surface area contributed by atoms with E-state index in [-0.39, 0.29) is 36.0 Å². The minimum absolute atomic E-state index is 0. The van der Waals surface area contributed by atoms with Gasteiger partial charge in [0, 0.05) is 5.25 Å². The van der Waals surface area contributed by atoms with E-state index in [2.05, 4.69) is 6.92 Å². The number of aliphatic hydroxyl groups is 1. The number of hydrogen-bond acceptors (Lipinski definition) is 4. The van der Waals surface area contributed by atoms with Crippen LogP contribution in [0.15, 0.2) is 0 Å². The molecule has 0 bridgehead atoms. The molecule has 122 valence electrons. The molecule has 0 saturated carbocycles. The predicted molar refractivity (Wildman–Crippen MR) is 81.6 cm³/mol. The van der Waals surface area contributed by atoms with Crippen LogP contribution in [0.5, 0.6) is 0 Å². The molecule has 0 aliphatic heterocycles. The van der Waals surface area contributed by atoms with Crippen LogP contribution in [0.2, 0.25) is 0 Å². The first-order valence-electron chi connectivity index (χ1n) is 8.04. The summed E-state index contributed by atoms with van der Waals surface area (Å²) in [7, 11) is -4.21. The van der Waals surface area contributed by atoms with Crippen molar-refractivity contribution in [1.29, 1.82) is 0 Å². The largest absolute Gasteiger partial charge is 1.00 e. The first-order chi connectivity index (χ1) is 9.41. The van der Waals surface area contributed by atoms with Crippen molar-refractivity contribution in [3.63, 3.8) is 0 Å². The Morgan fingerprint density at radius 2 is 1.43 bits per heavy atom. The van der Waals surface area contributed by atoms with Crippen molar-refractivity contribution in [3.8, 4) is 0 Å². The molecule has 2 atom stereocenters. The maximum atomic E-state index is 10.9. The normalized spacial score (nSPS) is 14.5. The maximum absolute atomic E-state index is 10.9. The summed E-state index contributed by atoms with van der Waals surface area (Å²) in [5.74, 6) is 0. The maximum Gasteiger partial charge on any atom is 1.00 e. The van der Waals surface area contributed by atoms with Crippen molar-refractivity contribution in [2.75, 3.05) is 0 Å². The van der Waals surface area contributed by atoms with Crippen LogP contribution in [-0.2, 0) is 10.1 Å². The SMILES string of the molecule is CCCCCCCCCC(O)CCC(CC)S(=O)(=O)[O-].[Na+]. The van der Waals surface area contributed by atoms with Crippen LogP contribution in [-0.4, -0.2) is 29.4 Å². The molecule has 21 heavy (non-hydrogen) atoms. The molecule has 2 unspecified atom stereocenters. The average molecular weight is 330 g/mol. The first-order valence-corrected chi connectivity index (χ1v) is 9.51. The number of hydrogen-bond donors (Lipinski definition) is 1. The summed E-state index contributed by atoms with van der Waals surface area (Å²) in [5, 5.41) is 8.96. The Morgan fingerprint density at radius 1 is 0.905 bits per heavy atom. The monoisotopic (exact) mass is 330 g/mol. The molecule has 0 saturated heterocycles. The number of rotatable bonds is 13. The third-order valence-electron chi connectivity index (χ3n) is 3.83. The van der Waals surface area contributed by atoms with E-state index in [4.69, 9.17) is 0 Å². The van der Waals surface area contributed by atoms with Gasteiger partial charge < -0.3 is 9.66 Å². The Hall–Kier alpha value is 0.870. The van der Waals surface area contributed by atoms with Gasteiger partial charge in [-0.25, -0.2) is 8.42 Å². The Morgan fingerprint density at radius 3 is 1.90 bits per heavy atom. The van der Waals surface area contributed by atoms with Gasteiger partial charge in [0.1, 0.15) is 0 Å². The third-order valence-corrected chi connectivity index (χ3v) is 5.21. The van der Waals surface area contributed by atoms with E-state index < -0.39 is 21.5 Å². The van der Waals surface area contributed by atoms with Crippen LogP contribution in [0.4, 0.5) is 0 Å². The van der Waals surface area contributed by atoms with E-state index in [1.807, 2.05) is 0 Å². The third kappa shape index (κ3) is 14.2. The molecular formula is C15H31NaO4S. The topological polar surface area (TPSA) is 77.4 Å². The quantitative estimate of drug-likeness (QED) is 0.305. The second-order valence-corrected chi connectivity index (χ2v) is 7.32. The van der Waals surface area contributed by atoms with Crippen LogP contribution >= 0.6 is 0 Å². The van der Waals surface area contributed by atoms with Gasteiger partial charge in [0.15, 0.2) is 0 Å². The molecule has 0 amide bonds. The fourth-order valence-electron chi connectivity index (χ4n) is 2.41. The summed E-state index contributed by atoms with van der Waals surface area (Å²) < 4.78 is 32.8. The summed E-state index contributed by atoms with van der Waals surface area (Å²) >= 11 is 0. The van der Waals surface area contributed by atoms with Gasteiger partial charge in [0.05, 0.1) is 16.2 Å². The molecule has 4 nitrogen and oxygen atoms in total. The van der Waals surface area contributed by atoms with Crippen LogP contribution in [0.1, 0.15) is 84.5 Å². The summed E-state index contributed by atoms with van der Waals surface area (Å²) in [6.07, 6.45) is 9.67. The fraction of sp³-hybridized carbons (Fsp3) is 1.00. The number of unbranched alkanes of at least 4 members (excludes halogenated alkanes) is 6. The van der Waals surface area contributed by atoms with Crippen LogP contribution < -0.4 is 29.6 Å². The van der Waals surface area contributed by atoms with Gasteiger partial charge in [-0.3, -0.25) is 0 Å². The molecule has 0 heterocycles. The van der Waals surface area contributed by atoms with E-state index in [0.29, 0.717) is 19.3 Å². The van der Waals surface area contributed by atoms with Gasteiger partial charge in [-0.2, -0.15) is 0 Å². The molecule has 0 aliphatic carbocycles. The standard InChI is InChI=1S/C15H32O4S.Na/c1-3-5-6-7-8-9-10-11-14(16)12-13-15(4-2)20(17,18)19;/h14-16H,3-13H2,1-2H3,(H,17,18,19);/q;+1/p-1. The molecule has 0 aromatic carbocycles. The van der Waals surface area contributed by atoms with Gasteiger partial charge in [-0.15, -0.1) is 0 Å². The zero-order valence-electron chi connectivity index (χ0n) is 14.0. The molecule has 6 heteroatoms. The van der Waals surface area contributed by atoms with Gasteiger partial charge >= 0.3 is 29.6 Å². The molecule has 1 N–H and O–H groups in total. The van der Waals surface area contributed by atoms with Crippen molar-refractivity contribution < 1.29 is 47.6 Å². The Bertz CT molecular complexity index is 320. The fourth-order valence-corrected chi connectivity index (χ4v) is 3.25. The first kappa shape index (κ1) is 24.1. The predicted octanol–water partition coefficient (Wildman–Crippen LogP) is 0.596. The molecule has 0 radical (unpaired) electrons. The molecule has 0 rings (SSSR count). The summed E-state index contributed by atoms with van der Waals surface area (Å²) in [5.41, 5.74) is 0. The van der Waals surface area contributed by atoms with Crippen molar-refractivity contribution in [3.05, 3.63) is 0 Å². The molecule has 0 aromatic heterocycles. The summed E-state index contributed by atoms with van der Waals surface area (Å²) in [4.78, 5) is 0. The van der Waals surface area contributed by atoms with E-state index in [1.165, 1.54) is 32.1 Å². The molecule has 0 aromatic rings. The van der Waals surface area contributed by atoms with Crippen molar-refractivity contribution >= 4 is 10.1 Å². The van der Waals surface area contributed by atoms with E-state index in [9.17, 15) is 18.1 Å². The van der Waals surface area contributed by atoms with E-state index >= 15 is 0 Å². The summed E-state index contributed by atoms with van der Waals surface area (Å²) in [6.45, 7) is 3.89. The average Bonchev–Trinajstić information content (AvgIpc) is 2.36. The van der Waals surface area contributed by atoms with Crippen molar-refractivity contribution in [2.24, 2.45) is 0 Å². The zero-order chi connectivity index (χ0) is 15.4. The van der Waals surface area contributed by atoms with E-state index in [0.717, 1.165) is 12.8 Å². The molecule has 0 spiro atoms. The molecule has 0 aliphatic rings. The molecular weight excluding hydrogens is 299 g/mol. The minimum Gasteiger partial charge on any atom is -0.748 e.